The zero-order valence-corrected chi connectivity index (χ0v) is 22.7. The Hall–Kier alpha value is -4.47. The summed E-state index contributed by atoms with van der Waals surface area (Å²) in [5, 5.41) is 10.7. The van der Waals surface area contributed by atoms with Gasteiger partial charge in [-0.25, -0.2) is 4.79 Å². The second kappa shape index (κ2) is 15.2. The predicted octanol–water partition coefficient (Wildman–Crippen LogP) is 2.18. The highest BCUT2D eigenvalue weighted by atomic mass is 16.5. The van der Waals surface area contributed by atoms with Crippen molar-refractivity contribution in [1.82, 2.24) is 21.3 Å². The molecule has 0 spiro atoms. The number of hydrogen-bond donors (Lipinski definition) is 4. The number of alkyl carbamates (subject to hydrolysis) is 1. The fourth-order valence-electron chi connectivity index (χ4n) is 4.36. The molecule has 0 aromatic heterocycles. The third kappa shape index (κ3) is 9.07. The Morgan fingerprint density at radius 1 is 0.975 bits per heavy atom. The van der Waals surface area contributed by atoms with Crippen molar-refractivity contribution in [3.05, 3.63) is 83.4 Å². The minimum Gasteiger partial charge on any atom is -0.445 e. The topological polar surface area (TPSA) is 143 Å². The summed E-state index contributed by atoms with van der Waals surface area (Å²) in [7, 11) is 0. The van der Waals surface area contributed by atoms with Crippen LogP contribution in [-0.2, 0) is 36.9 Å². The summed E-state index contributed by atoms with van der Waals surface area (Å²) in [4.78, 5) is 63.0. The van der Waals surface area contributed by atoms with E-state index in [1.165, 1.54) is 0 Å². The maximum Gasteiger partial charge on any atom is 0.408 e. The quantitative estimate of drug-likeness (QED) is 0.223. The predicted molar refractivity (Wildman–Crippen MR) is 149 cm³/mol. The van der Waals surface area contributed by atoms with E-state index in [1.54, 1.807) is 19.9 Å². The number of nitrogens with one attached hydrogen (secondary N) is 4. The van der Waals surface area contributed by atoms with Gasteiger partial charge in [0.1, 0.15) is 25.0 Å². The average Bonchev–Trinajstić information content (AvgIpc) is 3.38. The van der Waals surface area contributed by atoms with Crippen molar-refractivity contribution in [3.63, 3.8) is 0 Å². The van der Waals surface area contributed by atoms with Crippen LogP contribution >= 0.6 is 0 Å². The van der Waals surface area contributed by atoms with Gasteiger partial charge in [-0.1, -0.05) is 66.7 Å². The Morgan fingerprint density at radius 3 is 2.20 bits per heavy atom. The number of rotatable bonds is 13. The first-order chi connectivity index (χ1) is 19.3. The second-order valence-electron chi connectivity index (χ2n) is 9.69. The van der Waals surface area contributed by atoms with Gasteiger partial charge in [-0.2, -0.15) is 0 Å². The molecule has 1 heterocycles. The van der Waals surface area contributed by atoms with Crippen LogP contribution in [0.3, 0.4) is 0 Å². The van der Waals surface area contributed by atoms with Crippen LogP contribution in [0.1, 0.15) is 37.8 Å². The van der Waals surface area contributed by atoms with Crippen molar-refractivity contribution in [2.75, 3.05) is 6.54 Å². The molecule has 40 heavy (non-hydrogen) atoms. The highest BCUT2D eigenvalue weighted by molar-refractivity contribution is 5.94. The van der Waals surface area contributed by atoms with Crippen LogP contribution in [0.5, 0.6) is 0 Å². The van der Waals surface area contributed by atoms with E-state index in [-0.39, 0.29) is 31.3 Å². The van der Waals surface area contributed by atoms with Gasteiger partial charge in [0.15, 0.2) is 0 Å². The van der Waals surface area contributed by atoms with E-state index in [1.807, 2.05) is 60.7 Å². The minimum atomic E-state index is -1.09. The zero-order chi connectivity index (χ0) is 28.9. The van der Waals surface area contributed by atoms with Crippen molar-refractivity contribution >= 4 is 30.1 Å². The van der Waals surface area contributed by atoms with Gasteiger partial charge < -0.3 is 30.8 Å². The highest BCUT2D eigenvalue weighted by Gasteiger charge is 2.31. The maximum atomic E-state index is 13.4. The Bertz CT molecular complexity index is 1200. The fourth-order valence-corrected chi connectivity index (χ4v) is 4.36. The molecule has 212 valence electrons. The SMILES string of the molecule is C/C=C(/C)[C@H](NC(=O)OCc1ccccc1)C(=O)N[C@@H](Cc1ccccc1)C(=O)N[C@H](C=O)C[C@@H]1CCNC1=O. The Labute approximate surface area is 233 Å². The number of amides is 4. The van der Waals surface area contributed by atoms with Gasteiger partial charge >= 0.3 is 6.09 Å². The standard InChI is InChI=1S/C30H36N4O6/c1-3-20(2)26(34-30(39)40-19-22-12-8-5-9-13-22)29(38)33-25(16-21-10-6-4-7-11-21)28(37)32-24(18-35)17-23-14-15-31-27(23)36/h3-13,18,23-26H,14-17,19H2,1-2H3,(H,31,36)(H,32,37)(H,33,38)(H,34,39)/b20-3-/t23-,24-,25-,26-/m0/s1. The lowest BCUT2D eigenvalue weighted by molar-refractivity contribution is -0.131. The molecule has 10 nitrogen and oxygen atoms in total. The van der Waals surface area contributed by atoms with Gasteiger partial charge in [0.2, 0.25) is 17.7 Å². The molecule has 4 N–H and O–H groups in total. The Morgan fingerprint density at radius 2 is 1.62 bits per heavy atom. The maximum absolute atomic E-state index is 13.4. The van der Waals surface area contributed by atoms with Gasteiger partial charge in [0.25, 0.3) is 0 Å². The third-order valence-electron chi connectivity index (χ3n) is 6.76. The molecule has 0 radical (unpaired) electrons. The summed E-state index contributed by atoms with van der Waals surface area (Å²) in [5.41, 5.74) is 2.13. The number of allylic oxidation sites excluding steroid dienone is 1. The zero-order valence-electron chi connectivity index (χ0n) is 22.7. The minimum absolute atomic E-state index is 0.0288. The molecule has 1 saturated heterocycles. The van der Waals surface area contributed by atoms with Crippen molar-refractivity contribution in [2.24, 2.45) is 5.92 Å². The Kier molecular flexibility index (Phi) is 11.4. The van der Waals surface area contributed by atoms with E-state index in [0.29, 0.717) is 24.8 Å². The molecule has 10 heteroatoms. The van der Waals surface area contributed by atoms with Gasteiger partial charge in [-0.15, -0.1) is 0 Å². The van der Waals surface area contributed by atoms with Gasteiger partial charge in [-0.05, 0) is 43.4 Å². The lowest BCUT2D eigenvalue weighted by Gasteiger charge is -2.25. The lowest BCUT2D eigenvalue weighted by atomic mass is 9.98. The van der Waals surface area contributed by atoms with Crippen LogP contribution in [0.15, 0.2) is 72.3 Å². The molecule has 0 aliphatic carbocycles. The van der Waals surface area contributed by atoms with E-state index >= 15 is 0 Å². The number of hydrogen-bond acceptors (Lipinski definition) is 6. The van der Waals surface area contributed by atoms with Crippen LogP contribution in [0.2, 0.25) is 0 Å². The molecule has 0 bridgehead atoms. The molecular weight excluding hydrogens is 512 g/mol. The number of carbonyl (C=O) groups is 5. The molecule has 1 aliphatic heterocycles. The smallest absolute Gasteiger partial charge is 0.408 e. The van der Waals surface area contributed by atoms with E-state index in [4.69, 9.17) is 4.74 Å². The molecule has 0 saturated carbocycles. The first-order valence-corrected chi connectivity index (χ1v) is 13.3. The second-order valence-corrected chi connectivity index (χ2v) is 9.69. The molecule has 4 amide bonds. The van der Waals surface area contributed by atoms with Gasteiger partial charge in [-0.3, -0.25) is 14.4 Å². The first kappa shape index (κ1) is 30.1. The number of carbonyl (C=O) groups excluding carboxylic acids is 5. The molecule has 1 fully saturated rings. The van der Waals surface area contributed by atoms with Crippen LogP contribution in [0, 0.1) is 5.92 Å². The van der Waals surface area contributed by atoms with Crippen LogP contribution in [-0.4, -0.2) is 54.8 Å². The fraction of sp³-hybridized carbons (Fsp3) is 0.367. The van der Waals surface area contributed by atoms with E-state index in [0.717, 1.165) is 11.1 Å². The van der Waals surface area contributed by atoms with Gasteiger partial charge in [0, 0.05) is 18.9 Å². The normalized spacial score (nSPS) is 17.1. The molecule has 4 atom stereocenters. The molecular formula is C30H36N4O6. The molecule has 0 unspecified atom stereocenters. The monoisotopic (exact) mass is 548 g/mol. The van der Waals surface area contributed by atoms with Crippen molar-refractivity contribution in [1.29, 1.82) is 0 Å². The van der Waals surface area contributed by atoms with Crippen LogP contribution < -0.4 is 21.3 Å². The summed E-state index contributed by atoms with van der Waals surface area (Å²) >= 11 is 0. The lowest BCUT2D eigenvalue weighted by Crippen LogP contribution is -2.56. The van der Waals surface area contributed by atoms with Crippen LogP contribution in [0.4, 0.5) is 4.79 Å². The van der Waals surface area contributed by atoms with Gasteiger partial charge in [0.05, 0.1) is 6.04 Å². The van der Waals surface area contributed by atoms with Crippen molar-refractivity contribution in [3.8, 4) is 0 Å². The summed E-state index contributed by atoms with van der Waals surface area (Å²) in [6, 6.07) is 15.2. The largest absolute Gasteiger partial charge is 0.445 e. The van der Waals surface area contributed by atoms with Crippen LogP contribution in [0.25, 0.3) is 0 Å². The summed E-state index contributed by atoms with van der Waals surface area (Å²) in [6.45, 7) is 3.97. The summed E-state index contributed by atoms with van der Waals surface area (Å²) in [5.74, 6) is -1.70. The average molecular weight is 549 g/mol. The van der Waals surface area contributed by atoms with E-state index < -0.39 is 36.0 Å². The first-order valence-electron chi connectivity index (χ1n) is 13.3. The molecule has 2 aromatic rings. The van der Waals surface area contributed by atoms with Crippen molar-refractivity contribution in [2.45, 2.75) is 57.8 Å². The highest BCUT2D eigenvalue weighted by Crippen LogP contribution is 2.16. The molecule has 2 aromatic carbocycles. The summed E-state index contributed by atoms with van der Waals surface area (Å²) < 4.78 is 5.28. The Balaban J connectivity index is 1.71. The molecule has 3 rings (SSSR count). The molecule has 1 aliphatic rings. The number of ether oxygens (including phenoxy) is 1. The number of benzene rings is 2. The van der Waals surface area contributed by atoms with E-state index in [9.17, 15) is 24.0 Å². The van der Waals surface area contributed by atoms with Crippen molar-refractivity contribution < 1.29 is 28.7 Å². The number of aldehydes is 1. The van der Waals surface area contributed by atoms with E-state index in [2.05, 4.69) is 21.3 Å². The third-order valence-corrected chi connectivity index (χ3v) is 6.76. The summed E-state index contributed by atoms with van der Waals surface area (Å²) in [6.07, 6.45) is 2.39.